The Bertz CT molecular complexity index is 353. The Morgan fingerprint density at radius 3 is 2.14 bits per heavy atom. The van der Waals surface area contributed by atoms with Crippen LogP contribution >= 0.6 is 0 Å². The second-order valence-corrected chi connectivity index (χ2v) is 5.65. The number of carbonyl (C=O) groups is 1. The van der Waals surface area contributed by atoms with Crippen LogP contribution in [0.25, 0.3) is 0 Å². The van der Waals surface area contributed by atoms with Gasteiger partial charge < -0.3 is 14.2 Å². The normalized spacial score (nSPS) is 14.2. The van der Waals surface area contributed by atoms with Gasteiger partial charge in [0.15, 0.2) is 12.0 Å². The van der Waals surface area contributed by atoms with Crippen molar-refractivity contribution in [1.82, 2.24) is 5.32 Å². The average Bonchev–Trinajstić information content (AvgIpc) is 2.39. The number of terminal acetylenes is 1. The van der Waals surface area contributed by atoms with E-state index in [0.717, 1.165) is 0 Å². The fraction of sp³-hybridized carbons (Fsp3) is 0.769. The number of hydrogen-bond acceptors (Lipinski definition) is 6. The van der Waals surface area contributed by atoms with Crippen molar-refractivity contribution >= 4 is 16.3 Å². The molecule has 21 heavy (non-hydrogen) atoms. The highest BCUT2D eigenvalue weighted by molar-refractivity contribution is 6.16. The molecule has 0 aliphatic heterocycles. The minimum atomic E-state index is -1.14. The van der Waals surface area contributed by atoms with Crippen molar-refractivity contribution < 1.29 is 28.8 Å². The van der Waals surface area contributed by atoms with Crippen molar-refractivity contribution in [2.75, 3.05) is 26.4 Å². The Labute approximate surface area is 128 Å². The first kappa shape index (κ1) is 19.9. The maximum Gasteiger partial charge on any atom is 0.440 e. The standard InChI is InChI=1S/C13H25NO6Si/c1-6-10-19-20-11(15)14-13(21,18-9-4)12(5,16-7-2)17-8-3/h1H,7-10H2,2-5,21H3,(H,14,15). The predicted molar refractivity (Wildman–Crippen MR) is 80.4 cm³/mol. The quantitative estimate of drug-likeness (QED) is 0.154. The lowest BCUT2D eigenvalue weighted by atomic mass is 10.2. The van der Waals surface area contributed by atoms with Crippen LogP contribution in [0.4, 0.5) is 4.79 Å². The van der Waals surface area contributed by atoms with Gasteiger partial charge in [-0.25, -0.2) is 4.79 Å². The van der Waals surface area contributed by atoms with E-state index >= 15 is 0 Å². The zero-order chi connectivity index (χ0) is 16.4. The van der Waals surface area contributed by atoms with E-state index in [1.54, 1.807) is 6.92 Å². The molecular formula is C13H25NO6Si. The summed E-state index contributed by atoms with van der Waals surface area (Å²) in [5, 5.41) is 1.46. The summed E-state index contributed by atoms with van der Waals surface area (Å²) in [6.07, 6.45) is 4.17. The van der Waals surface area contributed by atoms with Crippen LogP contribution in [0.3, 0.4) is 0 Å². The molecule has 0 aromatic heterocycles. The van der Waals surface area contributed by atoms with Gasteiger partial charge in [-0.2, -0.15) is 4.89 Å². The van der Waals surface area contributed by atoms with E-state index in [-0.39, 0.29) is 6.61 Å². The van der Waals surface area contributed by atoms with E-state index < -0.39 is 17.2 Å². The highest BCUT2D eigenvalue weighted by atomic mass is 28.1. The molecular weight excluding hydrogens is 294 g/mol. The molecule has 0 aliphatic rings. The number of rotatable bonds is 10. The van der Waals surface area contributed by atoms with Crippen molar-refractivity contribution in [2.24, 2.45) is 0 Å². The number of carbonyl (C=O) groups excluding carboxylic acids is 1. The lowest BCUT2D eigenvalue weighted by Gasteiger charge is -2.44. The molecule has 0 aliphatic carbocycles. The molecule has 0 spiro atoms. The largest absolute Gasteiger partial charge is 0.440 e. The highest BCUT2D eigenvalue weighted by Crippen LogP contribution is 2.27. The molecule has 8 heteroatoms. The van der Waals surface area contributed by atoms with Gasteiger partial charge in [0.1, 0.15) is 0 Å². The molecule has 1 atom stereocenters. The first-order valence-corrected chi connectivity index (χ1v) is 7.86. The Kier molecular flexibility index (Phi) is 9.24. The minimum Gasteiger partial charge on any atom is -0.355 e. The summed E-state index contributed by atoms with van der Waals surface area (Å²) in [5.41, 5.74) is 0. The van der Waals surface area contributed by atoms with E-state index in [1.165, 1.54) is 0 Å². The number of hydrogen-bond donors (Lipinski definition) is 1. The van der Waals surface area contributed by atoms with Crippen LogP contribution in [0, 0.1) is 12.3 Å². The van der Waals surface area contributed by atoms with Gasteiger partial charge in [-0.15, -0.1) is 6.42 Å². The average molecular weight is 319 g/mol. The predicted octanol–water partition coefficient (Wildman–Crippen LogP) is 0.122. The molecule has 1 N–H and O–H groups in total. The maximum absolute atomic E-state index is 11.8. The summed E-state index contributed by atoms with van der Waals surface area (Å²) >= 11 is 0. The molecule has 0 saturated heterocycles. The lowest BCUT2D eigenvalue weighted by Crippen LogP contribution is -2.67. The van der Waals surface area contributed by atoms with Crippen molar-refractivity contribution in [3.05, 3.63) is 0 Å². The Hall–Kier alpha value is -1.11. The summed E-state index contributed by atoms with van der Waals surface area (Å²) < 4.78 is 17.0. The van der Waals surface area contributed by atoms with Gasteiger partial charge >= 0.3 is 6.09 Å². The van der Waals surface area contributed by atoms with Crippen LogP contribution in [-0.2, 0) is 24.0 Å². The van der Waals surface area contributed by atoms with Crippen LogP contribution in [0.2, 0.25) is 0 Å². The summed E-state index contributed by atoms with van der Waals surface area (Å²) in [7, 11) is 0.392. The fourth-order valence-electron chi connectivity index (χ4n) is 1.77. The van der Waals surface area contributed by atoms with Crippen LogP contribution in [0.1, 0.15) is 27.7 Å². The molecule has 0 saturated carbocycles. The van der Waals surface area contributed by atoms with Crippen molar-refractivity contribution in [3.8, 4) is 12.3 Å². The van der Waals surface area contributed by atoms with Gasteiger partial charge in [-0.05, 0) is 27.7 Å². The van der Waals surface area contributed by atoms with Gasteiger partial charge in [0.05, 0.1) is 10.2 Å². The van der Waals surface area contributed by atoms with Gasteiger partial charge in [-0.3, -0.25) is 10.2 Å². The molecule has 1 amide bonds. The second kappa shape index (κ2) is 9.76. The molecule has 122 valence electrons. The van der Waals surface area contributed by atoms with Crippen LogP contribution < -0.4 is 5.32 Å². The molecule has 0 rings (SSSR count). The summed E-state index contributed by atoms with van der Waals surface area (Å²) in [5.74, 6) is 1.05. The third kappa shape index (κ3) is 6.03. The first-order chi connectivity index (χ1) is 9.89. The van der Waals surface area contributed by atoms with Gasteiger partial charge in [0.25, 0.3) is 0 Å². The third-order valence-corrected chi connectivity index (χ3v) is 4.20. The fourth-order valence-corrected chi connectivity index (χ4v) is 2.55. The Morgan fingerprint density at radius 2 is 1.71 bits per heavy atom. The molecule has 0 heterocycles. The van der Waals surface area contributed by atoms with Crippen LogP contribution in [0.5, 0.6) is 0 Å². The zero-order valence-corrected chi connectivity index (χ0v) is 15.4. The van der Waals surface area contributed by atoms with Gasteiger partial charge in [-0.1, -0.05) is 5.92 Å². The van der Waals surface area contributed by atoms with E-state index in [1.807, 2.05) is 20.8 Å². The Balaban J connectivity index is 5.01. The smallest absolute Gasteiger partial charge is 0.355 e. The highest BCUT2D eigenvalue weighted by Gasteiger charge is 2.49. The van der Waals surface area contributed by atoms with Crippen LogP contribution in [0.15, 0.2) is 0 Å². The maximum atomic E-state index is 11.8. The molecule has 0 radical (unpaired) electrons. The summed E-state index contributed by atoms with van der Waals surface area (Å²) in [6, 6.07) is 0. The first-order valence-electron chi connectivity index (χ1n) is 6.86. The number of ether oxygens (including phenoxy) is 3. The van der Waals surface area contributed by atoms with Gasteiger partial charge in [0, 0.05) is 19.8 Å². The lowest BCUT2D eigenvalue weighted by molar-refractivity contribution is -0.303. The topological polar surface area (TPSA) is 75.3 Å². The van der Waals surface area contributed by atoms with E-state index in [4.69, 9.17) is 20.6 Å². The molecule has 0 fully saturated rings. The minimum absolute atomic E-state index is 0.135. The number of nitrogens with one attached hydrogen (secondary N) is 1. The van der Waals surface area contributed by atoms with E-state index in [9.17, 15) is 4.79 Å². The monoisotopic (exact) mass is 319 g/mol. The third-order valence-electron chi connectivity index (χ3n) is 2.76. The summed E-state index contributed by atoms with van der Waals surface area (Å²) in [4.78, 5) is 20.8. The second-order valence-electron chi connectivity index (χ2n) is 4.24. The number of amides is 1. The molecule has 0 bridgehead atoms. The van der Waals surface area contributed by atoms with Crippen molar-refractivity contribution in [3.63, 3.8) is 0 Å². The molecule has 0 aromatic rings. The SMILES string of the molecule is C#CCOOC(=O)NC([SiH3])(OCC)C(C)(OCC)OCC. The molecule has 7 nitrogen and oxygen atoms in total. The van der Waals surface area contributed by atoms with Crippen molar-refractivity contribution in [2.45, 2.75) is 38.8 Å². The zero-order valence-electron chi connectivity index (χ0n) is 13.4. The Morgan fingerprint density at radius 1 is 1.19 bits per heavy atom. The summed E-state index contributed by atoms with van der Waals surface area (Å²) in [6.45, 7) is 8.22. The van der Waals surface area contributed by atoms with Crippen molar-refractivity contribution in [1.29, 1.82) is 0 Å². The van der Waals surface area contributed by atoms with Gasteiger partial charge in [0.2, 0.25) is 5.79 Å². The van der Waals surface area contributed by atoms with Crippen LogP contribution in [-0.4, -0.2) is 53.9 Å². The molecule has 0 aromatic carbocycles. The molecule has 1 unspecified atom stereocenters. The van der Waals surface area contributed by atoms with E-state index in [0.29, 0.717) is 30.1 Å². The van der Waals surface area contributed by atoms with E-state index in [2.05, 4.69) is 21.0 Å².